The normalized spacial score (nSPS) is 21.5. The van der Waals surface area contributed by atoms with E-state index in [9.17, 15) is 0 Å². The molecular weight excluding hydrogens is 276 g/mol. The summed E-state index contributed by atoms with van der Waals surface area (Å²) in [6, 6.07) is 0. The zero-order chi connectivity index (χ0) is 15.9. The van der Waals surface area contributed by atoms with Gasteiger partial charge >= 0.3 is 0 Å². The van der Waals surface area contributed by atoms with Crippen LogP contribution in [0, 0.1) is 0 Å². The van der Waals surface area contributed by atoms with Gasteiger partial charge in [0.15, 0.2) is 6.29 Å². The Morgan fingerprint density at radius 3 is 1.73 bits per heavy atom. The third kappa shape index (κ3) is 10.6. The first-order valence-corrected chi connectivity index (χ1v) is 9.74. The minimum absolute atomic E-state index is 0.0649. The lowest BCUT2D eigenvalue weighted by Gasteiger charge is -2.09. The largest absolute Gasteiger partial charge is 0.394 e. The van der Waals surface area contributed by atoms with Crippen LogP contribution in [-0.2, 0) is 9.47 Å². The Bertz CT molecular complexity index is 233. The molecule has 0 aromatic heterocycles. The van der Waals surface area contributed by atoms with Crippen molar-refractivity contribution in [2.75, 3.05) is 13.2 Å². The van der Waals surface area contributed by atoms with Crippen molar-refractivity contribution in [2.24, 2.45) is 0 Å². The molecule has 0 saturated carbocycles. The third-order valence-electron chi connectivity index (χ3n) is 4.56. The van der Waals surface area contributed by atoms with E-state index in [2.05, 4.69) is 6.92 Å². The van der Waals surface area contributed by atoms with Gasteiger partial charge in [-0.15, -0.1) is 0 Å². The molecule has 1 heterocycles. The van der Waals surface area contributed by atoms with Gasteiger partial charge in [0, 0.05) is 0 Å². The maximum Gasteiger partial charge on any atom is 0.158 e. The molecule has 0 unspecified atom stereocenters. The molecule has 0 aliphatic carbocycles. The summed E-state index contributed by atoms with van der Waals surface area (Å²) in [6.45, 7) is 2.91. The van der Waals surface area contributed by atoms with Crippen LogP contribution in [0.1, 0.15) is 96.8 Å². The van der Waals surface area contributed by atoms with Gasteiger partial charge in [-0.25, -0.2) is 0 Å². The number of aliphatic hydroxyl groups excluding tert-OH is 1. The fourth-order valence-corrected chi connectivity index (χ4v) is 3.08. The second-order valence-corrected chi connectivity index (χ2v) is 6.73. The highest BCUT2D eigenvalue weighted by atomic mass is 16.7. The van der Waals surface area contributed by atoms with Crippen molar-refractivity contribution in [2.45, 2.75) is 109 Å². The van der Waals surface area contributed by atoms with E-state index in [0.29, 0.717) is 6.61 Å². The number of hydrogen-bond donors (Lipinski definition) is 1. The number of ether oxygens (including phenoxy) is 2. The first-order valence-electron chi connectivity index (χ1n) is 9.74. The Kier molecular flexibility index (Phi) is 13.1. The van der Waals surface area contributed by atoms with Crippen LogP contribution in [0.5, 0.6) is 0 Å². The fraction of sp³-hybridized carbons (Fsp3) is 1.00. The van der Waals surface area contributed by atoms with Gasteiger partial charge in [-0.3, -0.25) is 0 Å². The lowest BCUT2D eigenvalue weighted by molar-refractivity contribution is -0.0701. The van der Waals surface area contributed by atoms with Crippen molar-refractivity contribution < 1.29 is 14.6 Å². The highest BCUT2D eigenvalue weighted by Gasteiger charge is 2.24. The van der Waals surface area contributed by atoms with Crippen molar-refractivity contribution >= 4 is 0 Å². The smallest absolute Gasteiger partial charge is 0.158 e. The minimum Gasteiger partial charge on any atom is -0.394 e. The predicted molar refractivity (Wildman–Crippen MR) is 92.0 cm³/mol. The van der Waals surface area contributed by atoms with Crippen LogP contribution in [0.4, 0.5) is 0 Å². The first kappa shape index (κ1) is 19.9. The van der Waals surface area contributed by atoms with E-state index < -0.39 is 0 Å². The van der Waals surface area contributed by atoms with Gasteiger partial charge in [0.25, 0.3) is 0 Å². The predicted octanol–water partition coefficient (Wildman–Crippen LogP) is 5.20. The topological polar surface area (TPSA) is 38.7 Å². The van der Waals surface area contributed by atoms with Crippen LogP contribution in [0.25, 0.3) is 0 Å². The van der Waals surface area contributed by atoms with Gasteiger partial charge in [0.1, 0.15) is 6.10 Å². The van der Waals surface area contributed by atoms with E-state index in [1.54, 1.807) is 0 Å². The van der Waals surface area contributed by atoms with Gasteiger partial charge in [-0.05, 0) is 12.8 Å². The quantitative estimate of drug-likeness (QED) is 0.422. The molecule has 0 amide bonds. The standard InChI is InChI=1S/C19H38O3/c1-2-3-4-5-6-7-8-9-10-11-12-13-14-15-19-21-17-18(16-20)22-19/h18-20H,2-17H2,1H3/t18-,19+/m1/s1. The highest BCUT2D eigenvalue weighted by Crippen LogP contribution is 2.18. The molecular formula is C19H38O3. The van der Waals surface area contributed by atoms with Crippen molar-refractivity contribution in [3.8, 4) is 0 Å². The molecule has 3 heteroatoms. The van der Waals surface area contributed by atoms with E-state index in [1.165, 1.54) is 83.5 Å². The van der Waals surface area contributed by atoms with Crippen LogP contribution in [0.2, 0.25) is 0 Å². The average Bonchev–Trinajstić information content (AvgIpc) is 3.00. The molecule has 0 bridgehead atoms. The summed E-state index contributed by atoms with van der Waals surface area (Å²) in [7, 11) is 0. The lowest BCUT2D eigenvalue weighted by atomic mass is 10.0. The monoisotopic (exact) mass is 314 g/mol. The molecule has 132 valence electrons. The van der Waals surface area contributed by atoms with Crippen LogP contribution in [-0.4, -0.2) is 30.7 Å². The third-order valence-corrected chi connectivity index (χ3v) is 4.56. The molecule has 1 N–H and O–H groups in total. The van der Waals surface area contributed by atoms with Crippen LogP contribution in [0.3, 0.4) is 0 Å². The van der Waals surface area contributed by atoms with Gasteiger partial charge in [-0.1, -0.05) is 84.0 Å². The maximum atomic E-state index is 8.96. The summed E-state index contributed by atoms with van der Waals surface area (Å²) in [6.07, 6.45) is 18.8. The summed E-state index contributed by atoms with van der Waals surface area (Å²) in [5.74, 6) is 0. The molecule has 22 heavy (non-hydrogen) atoms. The van der Waals surface area contributed by atoms with Crippen molar-refractivity contribution in [3.63, 3.8) is 0 Å². The maximum absolute atomic E-state index is 8.96. The van der Waals surface area contributed by atoms with E-state index in [0.717, 1.165) is 6.42 Å². The van der Waals surface area contributed by atoms with Crippen LogP contribution < -0.4 is 0 Å². The van der Waals surface area contributed by atoms with E-state index >= 15 is 0 Å². The molecule has 1 saturated heterocycles. The van der Waals surface area contributed by atoms with Crippen LogP contribution in [0.15, 0.2) is 0 Å². The Hall–Kier alpha value is -0.120. The van der Waals surface area contributed by atoms with Gasteiger partial charge in [0.05, 0.1) is 13.2 Å². The van der Waals surface area contributed by atoms with Crippen molar-refractivity contribution in [3.05, 3.63) is 0 Å². The fourth-order valence-electron chi connectivity index (χ4n) is 3.08. The summed E-state index contributed by atoms with van der Waals surface area (Å²) in [5.41, 5.74) is 0. The second-order valence-electron chi connectivity index (χ2n) is 6.73. The molecule has 1 rings (SSSR count). The van der Waals surface area contributed by atoms with E-state index in [-0.39, 0.29) is 19.0 Å². The Morgan fingerprint density at radius 2 is 1.27 bits per heavy atom. The number of rotatable bonds is 15. The second kappa shape index (κ2) is 14.5. The summed E-state index contributed by atoms with van der Waals surface area (Å²) in [4.78, 5) is 0. The van der Waals surface area contributed by atoms with Gasteiger partial charge in [0.2, 0.25) is 0 Å². The van der Waals surface area contributed by atoms with E-state index in [1.807, 2.05) is 0 Å². The molecule has 0 aromatic rings. The molecule has 1 aliphatic heterocycles. The number of aliphatic hydroxyl groups is 1. The van der Waals surface area contributed by atoms with Crippen LogP contribution >= 0.6 is 0 Å². The molecule has 3 nitrogen and oxygen atoms in total. The molecule has 0 radical (unpaired) electrons. The summed E-state index contributed by atoms with van der Waals surface area (Å²) < 4.78 is 11.0. The Labute approximate surface area is 137 Å². The zero-order valence-corrected chi connectivity index (χ0v) is 14.7. The molecule has 0 aromatic carbocycles. The molecule has 2 atom stereocenters. The molecule has 1 fully saturated rings. The van der Waals surface area contributed by atoms with E-state index in [4.69, 9.17) is 14.6 Å². The highest BCUT2D eigenvalue weighted by molar-refractivity contribution is 4.64. The molecule has 0 spiro atoms. The number of unbranched alkanes of at least 4 members (excludes halogenated alkanes) is 12. The molecule has 1 aliphatic rings. The summed E-state index contributed by atoms with van der Waals surface area (Å²) >= 11 is 0. The minimum atomic E-state index is -0.0908. The van der Waals surface area contributed by atoms with Crippen molar-refractivity contribution in [1.82, 2.24) is 0 Å². The average molecular weight is 315 g/mol. The Morgan fingerprint density at radius 1 is 0.773 bits per heavy atom. The van der Waals surface area contributed by atoms with Gasteiger partial charge in [-0.2, -0.15) is 0 Å². The lowest BCUT2D eigenvalue weighted by Crippen LogP contribution is -2.16. The van der Waals surface area contributed by atoms with Crippen molar-refractivity contribution in [1.29, 1.82) is 0 Å². The Balaban J connectivity index is 1.72. The number of hydrogen-bond acceptors (Lipinski definition) is 3. The SMILES string of the molecule is CCCCCCCCCCCCCCC[C@H]1OC[C@@H](CO)O1. The first-order chi connectivity index (χ1) is 10.9. The van der Waals surface area contributed by atoms with Gasteiger partial charge < -0.3 is 14.6 Å². The zero-order valence-electron chi connectivity index (χ0n) is 14.7. The summed E-state index contributed by atoms with van der Waals surface area (Å²) in [5, 5.41) is 8.96.